The molecule has 0 saturated carbocycles. The van der Waals surface area contributed by atoms with Gasteiger partial charge in [-0.1, -0.05) is 63.5 Å². The molecule has 0 aliphatic rings. The van der Waals surface area contributed by atoms with Crippen molar-refractivity contribution in [2.45, 2.75) is 46.1 Å². The average molecular weight is 273 g/mol. The monoisotopic (exact) mass is 273 g/mol. The minimum Gasteiger partial charge on any atom is -0.337 e. The topological polar surface area (TPSA) is 64.9 Å². The zero-order chi connectivity index (χ0) is 14.7. The second-order valence-corrected chi connectivity index (χ2v) is 5.64. The van der Waals surface area contributed by atoms with Crippen LogP contribution in [0.15, 0.2) is 28.8 Å². The van der Waals surface area contributed by atoms with Crippen LogP contribution in [0, 0.1) is 5.92 Å². The molecule has 2 N–H and O–H groups in total. The molecule has 0 aliphatic carbocycles. The van der Waals surface area contributed by atoms with Crippen LogP contribution in [0.3, 0.4) is 0 Å². The van der Waals surface area contributed by atoms with Gasteiger partial charge in [-0.2, -0.15) is 4.98 Å². The number of rotatable bonds is 5. The molecule has 0 aliphatic heterocycles. The molecule has 4 nitrogen and oxygen atoms in total. The highest BCUT2D eigenvalue weighted by atomic mass is 16.5. The van der Waals surface area contributed by atoms with Gasteiger partial charge in [-0.25, -0.2) is 0 Å². The fraction of sp³-hybridized carbons (Fsp3) is 0.500. The smallest absolute Gasteiger partial charge is 0.244 e. The van der Waals surface area contributed by atoms with Crippen LogP contribution in [0.4, 0.5) is 0 Å². The number of hydrogen-bond donors (Lipinski definition) is 1. The van der Waals surface area contributed by atoms with Gasteiger partial charge in [0.2, 0.25) is 11.7 Å². The molecule has 1 unspecified atom stereocenters. The fourth-order valence-electron chi connectivity index (χ4n) is 2.00. The van der Waals surface area contributed by atoms with E-state index >= 15 is 0 Å². The van der Waals surface area contributed by atoms with Crippen LogP contribution < -0.4 is 5.73 Å². The van der Waals surface area contributed by atoms with Gasteiger partial charge in [0, 0.05) is 5.56 Å². The van der Waals surface area contributed by atoms with Crippen molar-refractivity contribution >= 4 is 0 Å². The lowest BCUT2D eigenvalue weighted by Gasteiger charge is -2.12. The second kappa shape index (κ2) is 6.18. The largest absolute Gasteiger partial charge is 0.337 e. The van der Waals surface area contributed by atoms with Crippen molar-refractivity contribution < 1.29 is 4.52 Å². The standard InChI is InChI=1S/C16H23N3O/c1-5-11(4)14(17)16-18-15(19-20-16)13-8-6-12(7-9-13)10(2)3/h6-11,14H,5,17H2,1-4H3/t11?,14-/m0/s1. The molecular weight excluding hydrogens is 250 g/mol. The Morgan fingerprint density at radius 2 is 1.80 bits per heavy atom. The lowest BCUT2D eigenvalue weighted by molar-refractivity contribution is 0.312. The van der Waals surface area contributed by atoms with E-state index in [4.69, 9.17) is 10.3 Å². The molecule has 2 rings (SSSR count). The maximum Gasteiger partial charge on any atom is 0.244 e. The van der Waals surface area contributed by atoms with E-state index in [9.17, 15) is 0 Å². The molecule has 20 heavy (non-hydrogen) atoms. The summed E-state index contributed by atoms with van der Waals surface area (Å²) in [6.45, 7) is 8.54. The van der Waals surface area contributed by atoms with Crippen LogP contribution >= 0.6 is 0 Å². The van der Waals surface area contributed by atoms with Gasteiger partial charge in [-0.05, 0) is 17.4 Å². The molecule has 1 aromatic heterocycles. The summed E-state index contributed by atoms with van der Waals surface area (Å²) in [5, 5.41) is 4.03. The van der Waals surface area contributed by atoms with E-state index in [-0.39, 0.29) is 6.04 Å². The van der Waals surface area contributed by atoms with Crippen LogP contribution in [0.25, 0.3) is 11.4 Å². The van der Waals surface area contributed by atoms with E-state index in [1.165, 1.54) is 5.56 Å². The highest BCUT2D eigenvalue weighted by molar-refractivity contribution is 5.54. The van der Waals surface area contributed by atoms with Crippen molar-refractivity contribution in [2.75, 3.05) is 0 Å². The van der Waals surface area contributed by atoms with Crippen molar-refractivity contribution in [3.8, 4) is 11.4 Å². The first-order valence-corrected chi connectivity index (χ1v) is 7.22. The minimum atomic E-state index is -0.198. The molecule has 0 bridgehead atoms. The fourth-order valence-corrected chi connectivity index (χ4v) is 2.00. The first kappa shape index (κ1) is 14.7. The predicted octanol–water partition coefficient (Wildman–Crippen LogP) is 3.91. The molecule has 0 spiro atoms. The molecule has 2 atom stereocenters. The van der Waals surface area contributed by atoms with Gasteiger partial charge in [-0.15, -0.1) is 0 Å². The average Bonchev–Trinajstić information content (AvgIpc) is 2.95. The molecular formula is C16H23N3O. The highest BCUT2D eigenvalue weighted by Crippen LogP contribution is 2.24. The lowest BCUT2D eigenvalue weighted by atomic mass is 10.00. The molecule has 108 valence electrons. The van der Waals surface area contributed by atoms with E-state index in [0.717, 1.165) is 12.0 Å². The van der Waals surface area contributed by atoms with Gasteiger partial charge in [0.05, 0.1) is 6.04 Å². The summed E-state index contributed by atoms with van der Waals surface area (Å²) in [5.74, 6) is 1.96. The van der Waals surface area contributed by atoms with Crippen molar-refractivity contribution in [1.82, 2.24) is 10.1 Å². The Hall–Kier alpha value is -1.68. The van der Waals surface area contributed by atoms with Gasteiger partial charge >= 0.3 is 0 Å². The van der Waals surface area contributed by atoms with Crippen molar-refractivity contribution in [1.29, 1.82) is 0 Å². The second-order valence-electron chi connectivity index (χ2n) is 5.64. The predicted molar refractivity (Wildman–Crippen MR) is 80.2 cm³/mol. The first-order chi connectivity index (χ1) is 9.52. The van der Waals surface area contributed by atoms with Crippen molar-refractivity contribution in [3.63, 3.8) is 0 Å². The summed E-state index contributed by atoms with van der Waals surface area (Å²) in [4.78, 5) is 4.42. The van der Waals surface area contributed by atoms with Crippen molar-refractivity contribution in [2.24, 2.45) is 11.7 Å². The van der Waals surface area contributed by atoms with Gasteiger partial charge in [0.25, 0.3) is 0 Å². The highest BCUT2D eigenvalue weighted by Gasteiger charge is 2.20. The number of nitrogens with zero attached hydrogens (tertiary/aromatic N) is 2. The summed E-state index contributed by atoms with van der Waals surface area (Å²) in [7, 11) is 0. The summed E-state index contributed by atoms with van der Waals surface area (Å²) >= 11 is 0. The first-order valence-electron chi connectivity index (χ1n) is 7.22. The van der Waals surface area contributed by atoms with E-state index in [1.54, 1.807) is 0 Å². The number of nitrogens with two attached hydrogens (primary N) is 1. The molecule has 0 amide bonds. The van der Waals surface area contributed by atoms with Crippen LogP contribution in [-0.4, -0.2) is 10.1 Å². The third-order valence-electron chi connectivity index (χ3n) is 3.82. The Bertz CT molecular complexity index is 545. The lowest BCUT2D eigenvalue weighted by Crippen LogP contribution is -2.18. The van der Waals surface area contributed by atoms with Gasteiger partial charge < -0.3 is 10.3 Å². The molecule has 2 aromatic rings. The van der Waals surface area contributed by atoms with Gasteiger partial charge in [0.15, 0.2) is 0 Å². The van der Waals surface area contributed by atoms with E-state index < -0.39 is 0 Å². The third-order valence-corrected chi connectivity index (χ3v) is 3.82. The van der Waals surface area contributed by atoms with Crippen LogP contribution in [0.1, 0.15) is 57.5 Å². The SMILES string of the molecule is CCC(C)[C@H](N)c1nc(-c2ccc(C(C)C)cc2)no1. The van der Waals surface area contributed by atoms with Crippen LogP contribution in [-0.2, 0) is 0 Å². The van der Waals surface area contributed by atoms with Gasteiger partial charge in [-0.3, -0.25) is 0 Å². The Balaban J connectivity index is 2.20. The third kappa shape index (κ3) is 3.07. The summed E-state index contributed by atoms with van der Waals surface area (Å²) in [5.41, 5.74) is 8.37. The Kier molecular flexibility index (Phi) is 4.55. The molecule has 4 heteroatoms. The molecule has 1 heterocycles. The maximum absolute atomic E-state index is 6.11. The Labute approximate surface area is 120 Å². The van der Waals surface area contributed by atoms with E-state index in [0.29, 0.717) is 23.6 Å². The number of benzene rings is 1. The van der Waals surface area contributed by atoms with Crippen molar-refractivity contribution in [3.05, 3.63) is 35.7 Å². The van der Waals surface area contributed by atoms with Gasteiger partial charge in [0.1, 0.15) is 0 Å². The zero-order valence-corrected chi connectivity index (χ0v) is 12.6. The molecule has 0 saturated heterocycles. The molecule has 0 radical (unpaired) electrons. The molecule has 0 fully saturated rings. The summed E-state index contributed by atoms with van der Waals surface area (Å²) in [6.07, 6.45) is 0.988. The minimum absolute atomic E-state index is 0.198. The normalized spacial score (nSPS) is 14.5. The Morgan fingerprint density at radius 1 is 1.15 bits per heavy atom. The summed E-state index contributed by atoms with van der Waals surface area (Å²) in [6, 6.07) is 8.06. The quantitative estimate of drug-likeness (QED) is 0.897. The maximum atomic E-state index is 6.11. The zero-order valence-electron chi connectivity index (χ0n) is 12.6. The molecule has 1 aromatic carbocycles. The van der Waals surface area contributed by atoms with Crippen LogP contribution in [0.5, 0.6) is 0 Å². The van der Waals surface area contributed by atoms with E-state index in [1.807, 2.05) is 12.1 Å². The van der Waals surface area contributed by atoms with Crippen LogP contribution in [0.2, 0.25) is 0 Å². The Morgan fingerprint density at radius 3 is 2.35 bits per heavy atom. The van der Waals surface area contributed by atoms with E-state index in [2.05, 4.69) is 50.0 Å². The number of hydrogen-bond acceptors (Lipinski definition) is 4. The number of aromatic nitrogens is 2. The summed E-state index contributed by atoms with van der Waals surface area (Å²) < 4.78 is 5.30.